The van der Waals surface area contributed by atoms with E-state index in [-0.39, 0.29) is 11.8 Å². The molecule has 148 valence electrons. The molecule has 2 amide bonds. The van der Waals surface area contributed by atoms with Gasteiger partial charge in [0.2, 0.25) is 0 Å². The van der Waals surface area contributed by atoms with Crippen LogP contribution in [0.15, 0.2) is 48.5 Å². The summed E-state index contributed by atoms with van der Waals surface area (Å²) in [6.07, 6.45) is 1.38. The van der Waals surface area contributed by atoms with Crippen molar-refractivity contribution in [1.29, 1.82) is 0 Å². The van der Waals surface area contributed by atoms with Crippen LogP contribution >= 0.6 is 0 Å². The number of amides is 2. The van der Waals surface area contributed by atoms with Gasteiger partial charge in [-0.3, -0.25) is 9.59 Å². The van der Waals surface area contributed by atoms with Crippen molar-refractivity contribution in [2.24, 2.45) is 0 Å². The number of hydrogen-bond acceptors (Lipinski definition) is 3. The Kier molecular flexibility index (Phi) is 6.34. The third-order valence-electron chi connectivity index (χ3n) is 5.04. The zero-order valence-electron chi connectivity index (χ0n) is 16.8. The van der Waals surface area contributed by atoms with Crippen molar-refractivity contribution in [3.05, 3.63) is 59.7 Å². The second kappa shape index (κ2) is 8.91. The SMILES string of the molecule is CC(Oc1ccc(C(C)C)cc1)C(=O)Nc1ccccc1C(=O)N1CCCC1. The summed E-state index contributed by atoms with van der Waals surface area (Å²) in [5.41, 5.74) is 2.26. The maximum absolute atomic E-state index is 12.7. The second-order valence-electron chi connectivity index (χ2n) is 7.52. The number of rotatable bonds is 6. The van der Waals surface area contributed by atoms with Crippen LogP contribution in [-0.2, 0) is 4.79 Å². The molecule has 1 aliphatic heterocycles. The molecule has 1 atom stereocenters. The average molecular weight is 380 g/mol. The second-order valence-corrected chi connectivity index (χ2v) is 7.52. The molecule has 2 aromatic rings. The van der Waals surface area contributed by atoms with Crippen molar-refractivity contribution in [3.63, 3.8) is 0 Å². The van der Waals surface area contributed by atoms with Crippen LogP contribution in [0.3, 0.4) is 0 Å². The Labute approximate surface area is 166 Å². The van der Waals surface area contributed by atoms with Gasteiger partial charge >= 0.3 is 0 Å². The summed E-state index contributed by atoms with van der Waals surface area (Å²) in [6.45, 7) is 7.51. The number of anilines is 1. The van der Waals surface area contributed by atoms with E-state index >= 15 is 0 Å². The van der Waals surface area contributed by atoms with E-state index in [1.165, 1.54) is 5.56 Å². The van der Waals surface area contributed by atoms with Crippen LogP contribution in [0.5, 0.6) is 5.75 Å². The highest BCUT2D eigenvalue weighted by atomic mass is 16.5. The molecule has 5 heteroatoms. The Morgan fingerprint density at radius 2 is 1.61 bits per heavy atom. The van der Waals surface area contributed by atoms with Crippen LogP contribution < -0.4 is 10.1 Å². The van der Waals surface area contributed by atoms with Crippen molar-refractivity contribution in [3.8, 4) is 5.75 Å². The zero-order chi connectivity index (χ0) is 20.1. The number of likely N-dealkylation sites (tertiary alicyclic amines) is 1. The van der Waals surface area contributed by atoms with E-state index in [4.69, 9.17) is 4.74 Å². The third kappa shape index (κ3) is 4.71. The summed E-state index contributed by atoms with van der Waals surface area (Å²) in [6, 6.07) is 14.9. The van der Waals surface area contributed by atoms with Gasteiger partial charge in [0, 0.05) is 13.1 Å². The molecule has 0 aliphatic carbocycles. The first-order valence-electron chi connectivity index (χ1n) is 9.91. The lowest BCUT2D eigenvalue weighted by molar-refractivity contribution is -0.122. The standard InChI is InChI=1S/C23H28N2O3/c1-16(2)18-10-12-19(13-11-18)28-17(3)22(26)24-21-9-5-4-8-20(21)23(27)25-14-6-7-15-25/h4-5,8-13,16-17H,6-7,14-15H2,1-3H3,(H,24,26). The molecule has 0 saturated carbocycles. The summed E-state index contributed by atoms with van der Waals surface area (Å²) in [5, 5.41) is 2.85. The van der Waals surface area contributed by atoms with Gasteiger partial charge in [-0.2, -0.15) is 0 Å². The van der Waals surface area contributed by atoms with Crippen molar-refractivity contribution >= 4 is 17.5 Å². The number of nitrogens with zero attached hydrogens (tertiary/aromatic N) is 1. The van der Waals surface area contributed by atoms with Crippen LogP contribution in [0, 0.1) is 0 Å². The molecule has 3 rings (SSSR count). The average Bonchev–Trinajstić information content (AvgIpc) is 3.23. The van der Waals surface area contributed by atoms with Crippen molar-refractivity contribution in [1.82, 2.24) is 4.90 Å². The van der Waals surface area contributed by atoms with Crippen LogP contribution in [0.1, 0.15) is 55.5 Å². The monoisotopic (exact) mass is 380 g/mol. The third-order valence-corrected chi connectivity index (χ3v) is 5.04. The first-order chi connectivity index (χ1) is 13.5. The van der Waals surface area contributed by atoms with Crippen molar-refractivity contribution in [2.45, 2.75) is 45.6 Å². The normalized spacial score (nSPS) is 14.8. The van der Waals surface area contributed by atoms with Gasteiger partial charge < -0.3 is 15.0 Å². The van der Waals surface area contributed by atoms with Crippen LogP contribution in [-0.4, -0.2) is 35.9 Å². The lowest BCUT2D eigenvalue weighted by Crippen LogP contribution is -2.32. The Hall–Kier alpha value is -2.82. The number of carbonyl (C=O) groups excluding carboxylic acids is 2. The molecule has 0 spiro atoms. The van der Waals surface area contributed by atoms with E-state index in [1.54, 1.807) is 19.1 Å². The highest BCUT2D eigenvalue weighted by Gasteiger charge is 2.23. The van der Waals surface area contributed by atoms with Gasteiger partial charge in [0.25, 0.3) is 11.8 Å². The molecule has 0 aromatic heterocycles. The largest absolute Gasteiger partial charge is 0.481 e. The number of carbonyl (C=O) groups is 2. The predicted molar refractivity (Wildman–Crippen MR) is 111 cm³/mol. The molecule has 1 aliphatic rings. The summed E-state index contributed by atoms with van der Waals surface area (Å²) >= 11 is 0. The molecular formula is C23H28N2O3. The fourth-order valence-electron chi connectivity index (χ4n) is 3.29. The highest BCUT2D eigenvalue weighted by molar-refractivity contribution is 6.04. The van der Waals surface area contributed by atoms with E-state index < -0.39 is 6.10 Å². The van der Waals surface area contributed by atoms with Gasteiger partial charge in [0.05, 0.1) is 11.3 Å². The smallest absolute Gasteiger partial charge is 0.265 e. The first kappa shape index (κ1) is 19.9. The summed E-state index contributed by atoms with van der Waals surface area (Å²) in [4.78, 5) is 27.2. The molecule has 0 bridgehead atoms. The van der Waals surface area contributed by atoms with E-state index in [0.717, 1.165) is 25.9 Å². The number of benzene rings is 2. The van der Waals surface area contributed by atoms with E-state index in [2.05, 4.69) is 19.2 Å². The number of hydrogen-bond donors (Lipinski definition) is 1. The number of para-hydroxylation sites is 1. The number of nitrogens with one attached hydrogen (secondary N) is 1. The molecule has 1 N–H and O–H groups in total. The van der Waals surface area contributed by atoms with Gasteiger partial charge in [0.1, 0.15) is 5.75 Å². The van der Waals surface area contributed by atoms with E-state index in [9.17, 15) is 9.59 Å². The van der Waals surface area contributed by atoms with Crippen LogP contribution in [0.25, 0.3) is 0 Å². The molecule has 0 radical (unpaired) electrons. The van der Waals surface area contributed by atoms with Gasteiger partial charge in [0.15, 0.2) is 6.10 Å². The minimum absolute atomic E-state index is 0.0359. The van der Waals surface area contributed by atoms with Crippen molar-refractivity contribution < 1.29 is 14.3 Å². The summed E-state index contributed by atoms with van der Waals surface area (Å²) in [5.74, 6) is 0.772. The molecule has 1 heterocycles. The minimum atomic E-state index is -0.681. The molecular weight excluding hydrogens is 352 g/mol. The highest BCUT2D eigenvalue weighted by Crippen LogP contribution is 2.22. The Bertz CT molecular complexity index is 824. The van der Waals surface area contributed by atoms with Gasteiger partial charge in [-0.15, -0.1) is 0 Å². The zero-order valence-corrected chi connectivity index (χ0v) is 16.8. The Morgan fingerprint density at radius 3 is 2.25 bits per heavy atom. The molecule has 5 nitrogen and oxygen atoms in total. The lowest BCUT2D eigenvalue weighted by Gasteiger charge is -2.19. The minimum Gasteiger partial charge on any atom is -0.481 e. The lowest BCUT2D eigenvalue weighted by atomic mass is 10.0. The van der Waals surface area contributed by atoms with E-state index in [1.807, 2.05) is 41.3 Å². The van der Waals surface area contributed by atoms with Crippen LogP contribution in [0.4, 0.5) is 5.69 Å². The Balaban J connectivity index is 1.66. The first-order valence-corrected chi connectivity index (χ1v) is 9.91. The fourth-order valence-corrected chi connectivity index (χ4v) is 3.29. The summed E-state index contributed by atoms with van der Waals surface area (Å²) in [7, 11) is 0. The molecule has 28 heavy (non-hydrogen) atoms. The van der Waals surface area contributed by atoms with Gasteiger partial charge in [-0.05, 0) is 55.5 Å². The molecule has 1 unspecified atom stereocenters. The Morgan fingerprint density at radius 1 is 0.964 bits per heavy atom. The molecule has 1 fully saturated rings. The number of ether oxygens (including phenoxy) is 1. The van der Waals surface area contributed by atoms with E-state index in [0.29, 0.717) is 22.9 Å². The maximum atomic E-state index is 12.7. The predicted octanol–water partition coefficient (Wildman–Crippen LogP) is 4.45. The summed E-state index contributed by atoms with van der Waals surface area (Å²) < 4.78 is 5.78. The van der Waals surface area contributed by atoms with Crippen molar-refractivity contribution in [2.75, 3.05) is 18.4 Å². The topological polar surface area (TPSA) is 58.6 Å². The maximum Gasteiger partial charge on any atom is 0.265 e. The quantitative estimate of drug-likeness (QED) is 0.805. The van der Waals surface area contributed by atoms with Gasteiger partial charge in [-0.25, -0.2) is 0 Å². The molecule has 2 aromatic carbocycles. The van der Waals surface area contributed by atoms with Crippen LogP contribution in [0.2, 0.25) is 0 Å². The van der Waals surface area contributed by atoms with Gasteiger partial charge in [-0.1, -0.05) is 38.1 Å². The molecule has 1 saturated heterocycles. The fraction of sp³-hybridized carbons (Fsp3) is 0.391.